The van der Waals surface area contributed by atoms with Crippen LogP contribution in [0.15, 0.2) is 12.2 Å². The molecule has 4 N–H and O–H groups in total. The second kappa shape index (κ2) is 27.7. The number of carbonyl (C=O) groups is 3. The van der Waals surface area contributed by atoms with Crippen LogP contribution in [0.2, 0.25) is 0 Å². The molecule has 0 bridgehead atoms. The number of carboxylic acid groups (broad SMARTS) is 1. The first-order valence-electron chi connectivity index (χ1n) is 16.0. The third kappa shape index (κ3) is 24.9. The fourth-order valence-electron chi connectivity index (χ4n) is 4.60. The molecule has 39 heavy (non-hydrogen) atoms. The second-order valence-electron chi connectivity index (χ2n) is 10.9. The number of unbranched alkanes of at least 4 members (excludes halogenated alkanes) is 14. The number of ether oxygens (including phenoxy) is 1. The van der Waals surface area contributed by atoms with Crippen molar-refractivity contribution < 1.29 is 24.2 Å². The molecule has 0 aliphatic carbocycles. The molecule has 0 saturated heterocycles. The third-order valence-corrected chi connectivity index (χ3v) is 7.05. The van der Waals surface area contributed by atoms with E-state index in [9.17, 15) is 19.5 Å². The maximum Gasteiger partial charge on any atom is 0.326 e. The third-order valence-electron chi connectivity index (χ3n) is 7.05. The monoisotopic (exact) mass is 552 g/mol. The molecule has 0 aliphatic heterocycles. The van der Waals surface area contributed by atoms with E-state index >= 15 is 0 Å². The number of aliphatic carboxylic acids is 1. The van der Waals surface area contributed by atoms with E-state index in [1.807, 2.05) is 6.08 Å². The van der Waals surface area contributed by atoms with Crippen LogP contribution in [0.5, 0.6) is 0 Å². The Hall–Kier alpha value is -1.89. The quantitative estimate of drug-likeness (QED) is 0.0522. The molecule has 0 fully saturated rings. The van der Waals surface area contributed by atoms with Crippen LogP contribution in [0, 0.1) is 0 Å². The van der Waals surface area contributed by atoms with Crippen LogP contribution >= 0.6 is 0 Å². The van der Waals surface area contributed by atoms with E-state index < -0.39 is 12.0 Å². The molecule has 7 nitrogen and oxygen atoms in total. The van der Waals surface area contributed by atoms with Crippen molar-refractivity contribution >= 4 is 17.8 Å². The van der Waals surface area contributed by atoms with Gasteiger partial charge in [0.05, 0.1) is 0 Å². The summed E-state index contributed by atoms with van der Waals surface area (Å²) in [7, 11) is 0. The Kier molecular flexibility index (Phi) is 26.3. The highest BCUT2D eigenvalue weighted by atomic mass is 16.5. The fourth-order valence-corrected chi connectivity index (χ4v) is 4.60. The van der Waals surface area contributed by atoms with Crippen LogP contribution < -0.4 is 11.1 Å². The summed E-state index contributed by atoms with van der Waals surface area (Å²) < 4.78 is 5.78. The van der Waals surface area contributed by atoms with Gasteiger partial charge in [0, 0.05) is 12.8 Å². The molecule has 0 aromatic heterocycles. The summed E-state index contributed by atoms with van der Waals surface area (Å²) in [6.45, 7) is 4.79. The number of amides is 1. The lowest BCUT2D eigenvalue weighted by Crippen LogP contribution is -2.40. The largest absolute Gasteiger partial charge is 0.480 e. The van der Waals surface area contributed by atoms with Crippen molar-refractivity contribution in [2.75, 3.05) is 6.54 Å². The van der Waals surface area contributed by atoms with Crippen molar-refractivity contribution in [1.29, 1.82) is 0 Å². The van der Waals surface area contributed by atoms with Gasteiger partial charge >= 0.3 is 11.9 Å². The number of allylic oxidation sites excluding steroid dienone is 1. The van der Waals surface area contributed by atoms with Crippen LogP contribution in [-0.2, 0) is 19.1 Å². The van der Waals surface area contributed by atoms with Gasteiger partial charge in [-0.1, -0.05) is 103 Å². The lowest BCUT2D eigenvalue weighted by molar-refractivity contribution is -0.147. The predicted octanol–water partition coefficient (Wildman–Crippen LogP) is 7.60. The molecule has 2 unspecified atom stereocenters. The number of carboxylic acids is 1. The van der Waals surface area contributed by atoms with E-state index in [1.54, 1.807) is 0 Å². The number of carbonyl (C=O) groups excluding carboxylic acids is 2. The van der Waals surface area contributed by atoms with E-state index in [0.717, 1.165) is 51.4 Å². The van der Waals surface area contributed by atoms with Gasteiger partial charge in [-0.2, -0.15) is 0 Å². The fraction of sp³-hybridized carbons (Fsp3) is 0.844. The highest BCUT2D eigenvalue weighted by molar-refractivity contribution is 5.83. The van der Waals surface area contributed by atoms with Gasteiger partial charge < -0.3 is 20.9 Å². The number of esters is 1. The molecule has 0 aromatic carbocycles. The minimum atomic E-state index is -1.02. The van der Waals surface area contributed by atoms with Gasteiger partial charge in [0.2, 0.25) is 5.91 Å². The zero-order valence-corrected chi connectivity index (χ0v) is 25.2. The molecular formula is C32H60N2O5. The zero-order chi connectivity index (χ0) is 29.0. The van der Waals surface area contributed by atoms with Gasteiger partial charge in [0.15, 0.2) is 0 Å². The smallest absolute Gasteiger partial charge is 0.326 e. The van der Waals surface area contributed by atoms with Crippen molar-refractivity contribution in [3.05, 3.63) is 12.2 Å². The van der Waals surface area contributed by atoms with Crippen LogP contribution in [0.25, 0.3) is 0 Å². The molecule has 0 saturated carbocycles. The Morgan fingerprint density at radius 3 is 1.87 bits per heavy atom. The molecule has 0 radical (unpaired) electrons. The van der Waals surface area contributed by atoms with Crippen molar-refractivity contribution in [1.82, 2.24) is 5.32 Å². The van der Waals surface area contributed by atoms with Gasteiger partial charge in [-0.3, -0.25) is 9.59 Å². The van der Waals surface area contributed by atoms with E-state index in [0.29, 0.717) is 38.6 Å². The van der Waals surface area contributed by atoms with Crippen LogP contribution in [0.1, 0.15) is 155 Å². The Balaban J connectivity index is 4.07. The lowest BCUT2D eigenvalue weighted by Gasteiger charge is -2.15. The number of nitrogens with two attached hydrogens (primary N) is 1. The Morgan fingerprint density at radius 1 is 0.744 bits per heavy atom. The van der Waals surface area contributed by atoms with Crippen LogP contribution in [-0.4, -0.2) is 41.6 Å². The minimum Gasteiger partial charge on any atom is -0.480 e. The summed E-state index contributed by atoms with van der Waals surface area (Å²) in [5.41, 5.74) is 5.44. The second-order valence-corrected chi connectivity index (χ2v) is 10.9. The maximum absolute atomic E-state index is 12.4. The summed E-state index contributed by atoms with van der Waals surface area (Å²) in [5.74, 6) is -1.34. The summed E-state index contributed by atoms with van der Waals surface area (Å²) in [6, 6.07) is -0.864. The molecule has 1 amide bonds. The van der Waals surface area contributed by atoms with Crippen molar-refractivity contribution in [2.45, 2.75) is 167 Å². The number of hydrogen-bond donors (Lipinski definition) is 3. The molecule has 7 heteroatoms. The Morgan fingerprint density at radius 2 is 1.31 bits per heavy atom. The molecule has 0 rings (SSSR count). The lowest BCUT2D eigenvalue weighted by atomic mass is 10.1. The standard InChI is InChI=1S/C32H60N2O5/c1-3-5-7-8-9-10-11-12-13-14-20-26-31(36)39-28(22-17-6-4-2)23-18-15-16-19-25-30(35)34-29(32(37)38)24-21-27-33/h17,22,28-29H,3-16,18-21,23-27,33H2,1-2H3,(H,34,35)(H,37,38)/b22-17-. The van der Waals surface area contributed by atoms with Gasteiger partial charge in [-0.15, -0.1) is 0 Å². The van der Waals surface area contributed by atoms with Gasteiger partial charge in [-0.25, -0.2) is 4.79 Å². The number of nitrogens with one attached hydrogen (secondary N) is 1. The summed E-state index contributed by atoms with van der Waals surface area (Å²) >= 11 is 0. The average Bonchev–Trinajstić information content (AvgIpc) is 2.91. The Bertz CT molecular complexity index is 638. The maximum atomic E-state index is 12.4. The van der Waals surface area contributed by atoms with Crippen molar-refractivity contribution in [2.24, 2.45) is 5.73 Å². The SMILES string of the molecule is CCC/C=C\C(CCCCCCC(=O)NC(CCCN)C(=O)O)OC(=O)CCCCCCCCCCCCC. The first kappa shape index (κ1) is 37.1. The summed E-state index contributed by atoms with van der Waals surface area (Å²) in [6.07, 6.45) is 25.8. The number of hydrogen-bond acceptors (Lipinski definition) is 5. The molecule has 0 aliphatic rings. The molecule has 0 heterocycles. The predicted molar refractivity (Wildman–Crippen MR) is 161 cm³/mol. The zero-order valence-electron chi connectivity index (χ0n) is 25.2. The summed E-state index contributed by atoms with van der Waals surface area (Å²) in [4.78, 5) is 35.7. The van der Waals surface area contributed by atoms with Crippen LogP contribution in [0.3, 0.4) is 0 Å². The average molecular weight is 553 g/mol. The van der Waals surface area contributed by atoms with Crippen molar-refractivity contribution in [3.63, 3.8) is 0 Å². The molecule has 2 atom stereocenters. The van der Waals surface area contributed by atoms with E-state index in [1.165, 1.54) is 57.8 Å². The highest BCUT2D eigenvalue weighted by Gasteiger charge is 2.18. The van der Waals surface area contributed by atoms with E-state index in [4.69, 9.17) is 10.5 Å². The first-order valence-corrected chi connectivity index (χ1v) is 16.0. The van der Waals surface area contributed by atoms with Gasteiger partial charge in [0.1, 0.15) is 12.1 Å². The first-order chi connectivity index (χ1) is 18.9. The number of rotatable bonds is 28. The Labute approximate surface area is 239 Å². The van der Waals surface area contributed by atoms with Gasteiger partial charge in [0.25, 0.3) is 0 Å². The van der Waals surface area contributed by atoms with Gasteiger partial charge in [-0.05, 0) is 57.6 Å². The highest BCUT2D eigenvalue weighted by Crippen LogP contribution is 2.15. The van der Waals surface area contributed by atoms with E-state index in [-0.39, 0.29) is 18.0 Å². The van der Waals surface area contributed by atoms with Crippen LogP contribution in [0.4, 0.5) is 0 Å². The molecule has 228 valence electrons. The topological polar surface area (TPSA) is 119 Å². The van der Waals surface area contributed by atoms with E-state index in [2.05, 4.69) is 25.2 Å². The molecule has 0 spiro atoms. The minimum absolute atomic E-state index is 0.101. The van der Waals surface area contributed by atoms with Crippen molar-refractivity contribution in [3.8, 4) is 0 Å². The normalized spacial score (nSPS) is 12.9. The molecule has 0 aromatic rings. The molecular weight excluding hydrogens is 492 g/mol. The summed E-state index contributed by atoms with van der Waals surface area (Å²) in [5, 5.41) is 11.8.